The maximum Gasteiger partial charge on any atom is 0.419 e. The summed E-state index contributed by atoms with van der Waals surface area (Å²) in [5.41, 5.74) is 1.81. The standard InChI is InChI=1S/C19H21NO2/c1-5-15-11-9-10-14-17(15)20(16-12-7-6-8-13-16)18(21)22-19(2,3)4/h5-14H,1H2,2-4H3. The molecule has 0 spiro atoms. The predicted molar refractivity (Wildman–Crippen MR) is 91.3 cm³/mol. The van der Waals surface area contributed by atoms with Crippen molar-refractivity contribution in [2.45, 2.75) is 26.4 Å². The normalized spacial score (nSPS) is 10.9. The second-order valence-corrected chi connectivity index (χ2v) is 5.91. The quantitative estimate of drug-likeness (QED) is 0.758. The summed E-state index contributed by atoms with van der Waals surface area (Å²) in [6.45, 7) is 9.39. The Morgan fingerprint density at radius 2 is 1.64 bits per heavy atom. The first kappa shape index (κ1) is 15.8. The van der Waals surface area contributed by atoms with E-state index in [2.05, 4.69) is 6.58 Å². The van der Waals surface area contributed by atoms with E-state index in [0.717, 1.165) is 16.9 Å². The molecule has 22 heavy (non-hydrogen) atoms. The third-order valence-electron chi connectivity index (χ3n) is 2.99. The van der Waals surface area contributed by atoms with Crippen LogP contribution in [-0.4, -0.2) is 11.7 Å². The van der Waals surface area contributed by atoms with Crippen LogP contribution in [0.5, 0.6) is 0 Å². The highest BCUT2D eigenvalue weighted by Crippen LogP contribution is 2.31. The molecule has 3 heteroatoms. The number of benzene rings is 2. The highest BCUT2D eigenvalue weighted by atomic mass is 16.6. The Labute approximate surface area is 131 Å². The van der Waals surface area contributed by atoms with E-state index < -0.39 is 11.7 Å². The van der Waals surface area contributed by atoms with Gasteiger partial charge in [0, 0.05) is 0 Å². The molecule has 2 aromatic carbocycles. The number of amides is 1. The summed E-state index contributed by atoms with van der Waals surface area (Å²) in [5.74, 6) is 0. The molecule has 0 aliphatic carbocycles. The number of hydrogen-bond donors (Lipinski definition) is 0. The molecular weight excluding hydrogens is 274 g/mol. The Hall–Kier alpha value is -2.55. The summed E-state index contributed by atoms with van der Waals surface area (Å²) in [4.78, 5) is 14.3. The summed E-state index contributed by atoms with van der Waals surface area (Å²) in [6.07, 6.45) is 1.32. The van der Waals surface area contributed by atoms with Crippen molar-refractivity contribution in [2.24, 2.45) is 0 Å². The molecule has 0 aromatic heterocycles. The van der Waals surface area contributed by atoms with Gasteiger partial charge in [0.1, 0.15) is 5.60 Å². The number of para-hydroxylation sites is 2. The van der Waals surface area contributed by atoms with Crippen LogP contribution in [0.15, 0.2) is 61.2 Å². The highest BCUT2D eigenvalue weighted by Gasteiger charge is 2.25. The summed E-state index contributed by atoms with van der Waals surface area (Å²) >= 11 is 0. The van der Waals surface area contributed by atoms with Gasteiger partial charge in [0.15, 0.2) is 0 Å². The van der Waals surface area contributed by atoms with Gasteiger partial charge in [-0.1, -0.05) is 49.1 Å². The van der Waals surface area contributed by atoms with E-state index in [-0.39, 0.29) is 0 Å². The zero-order valence-corrected chi connectivity index (χ0v) is 13.2. The number of hydrogen-bond acceptors (Lipinski definition) is 2. The van der Waals surface area contributed by atoms with Gasteiger partial charge in [-0.3, -0.25) is 0 Å². The smallest absolute Gasteiger partial charge is 0.419 e. The molecule has 0 bridgehead atoms. The van der Waals surface area contributed by atoms with Gasteiger partial charge in [-0.05, 0) is 44.5 Å². The Balaban J connectivity index is 2.51. The van der Waals surface area contributed by atoms with E-state index >= 15 is 0 Å². The first-order valence-corrected chi connectivity index (χ1v) is 7.22. The van der Waals surface area contributed by atoms with Crippen molar-refractivity contribution in [2.75, 3.05) is 4.90 Å². The van der Waals surface area contributed by atoms with Gasteiger partial charge in [-0.2, -0.15) is 0 Å². The second kappa shape index (κ2) is 6.48. The van der Waals surface area contributed by atoms with Crippen molar-refractivity contribution in [3.63, 3.8) is 0 Å². The zero-order valence-electron chi connectivity index (χ0n) is 13.2. The molecule has 0 unspecified atom stereocenters. The van der Waals surface area contributed by atoms with E-state index in [0.29, 0.717) is 0 Å². The van der Waals surface area contributed by atoms with Crippen LogP contribution in [-0.2, 0) is 4.74 Å². The fourth-order valence-corrected chi connectivity index (χ4v) is 2.09. The lowest BCUT2D eigenvalue weighted by atomic mass is 10.1. The SMILES string of the molecule is C=Cc1ccccc1N(C(=O)OC(C)(C)C)c1ccccc1. The third-order valence-corrected chi connectivity index (χ3v) is 2.99. The minimum Gasteiger partial charge on any atom is -0.443 e. The van der Waals surface area contributed by atoms with Gasteiger partial charge < -0.3 is 4.74 Å². The topological polar surface area (TPSA) is 29.5 Å². The van der Waals surface area contributed by atoms with Crippen LogP contribution in [0.1, 0.15) is 26.3 Å². The van der Waals surface area contributed by atoms with Crippen molar-refractivity contribution in [1.29, 1.82) is 0 Å². The summed E-state index contributed by atoms with van der Waals surface area (Å²) in [6, 6.07) is 17.1. The average molecular weight is 295 g/mol. The molecule has 0 fully saturated rings. The summed E-state index contributed by atoms with van der Waals surface area (Å²) in [5, 5.41) is 0. The molecule has 0 aliphatic rings. The fourth-order valence-electron chi connectivity index (χ4n) is 2.09. The monoisotopic (exact) mass is 295 g/mol. The molecule has 3 nitrogen and oxygen atoms in total. The number of nitrogens with zero attached hydrogens (tertiary/aromatic N) is 1. The summed E-state index contributed by atoms with van der Waals surface area (Å²) < 4.78 is 5.56. The van der Waals surface area contributed by atoms with Crippen molar-refractivity contribution in [3.05, 3.63) is 66.7 Å². The Bertz CT molecular complexity index is 657. The molecule has 0 radical (unpaired) electrons. The van der Waals surface area contributed by atoms with Crippen molar-refractivity contribution < 1.29 is 9.53 Å². The van der Waals surface area contributed by atoms with Crippen LogP contribution in [0.3, 0.4) is 0 Å². The van der Waals surface area contributed by atoms with Crippen LogP contribution in [0.2, 0.25) is 0 Å². The van der Waals surface area contributed by atoms with E-state index in [1.807, 2.05) is 75.4 Å². The van der Waals surface area contributed by atoms with Crippen LogP contribution in [0.4, 0.5) is 16.2 Å². The summed E-state index contributed by atoms with van der Waals surface area (Å²) in [7, 11) is 0. The molecule has 0 saturated heterocycles. The molecule has 0 aliphatic heterocycles. The molecule has 0 N–H and O–H groups in total. The second-order valence-electron chi connectivity index (χ2n) is 5.91. The number of ether oxygens (including phenoxy) is 1. The molecule has 1 amide bonds. The Morgan fingerprint density at radius 3 is 2.23 bits per heavy atom. The number of carbonyl (C=O) groups excluding carboxylic acids is 1. The highest BCUT2D eigenvalue weighted by molar-refractivity contribution is 5.98. The minimum absolute atomic E-state index is 0.409. The average Bonchev–Trinajstić information content (AvgIpc) is 2.47. The molecule has 2 aromatic rings. The van der Waals surface area contributed by atoms with Crippen LogP contribution in [0, 0.1) is 0 Å². The fraction of sp³-hybridized carbons (Fsp3) is 0.211. The largest absolute Gasteiger partial charge is 0.443 e. The lowest BCUT2D eigenvalue weighted by Gasteiger charge is -2.28. The van der Waals surface area contributed by atoms with Gasteiger partial charge >= 0.3 is 6.09 Å². The van der Waals surface area contributed by atoms with E-state index in [4.69, 9.17) is 4.74 Å². The first-order chi connectivity index (χ1) is 10.4. The lowest BCUT2D eigenvalue weighted by molar-refractivity contribution is 0.0599. The van der Waals surface area contributed by atoms with Gasteiger partial charge in [-0.25, -0.2) is 9.69 Å². The Morgan fingerprint density at radius 1 is 1.05 bits per heavy atom. The van der Waals surface area contributed by atoms with E-state index in [1.165, 1.54) is 0 Å². The lowest BCUT2D eigenvalue weighted by Crippen LogP contribution is -2.34. The zero-order chi connectivity index (χ0) is 16.2. The first-order valence-electron chi connectivity index (χ1n) is 7.22. The third kappa shape index (κ3) is 3.76. The molecule has 2 rings (SSSR count). The van der Waals surface area contributed by atoms with Crippen LogP contribution in [0.25, 0.3) is 6.08 Å². The van der Waals surface area contributed by atoms with Crippen LogP contribution >= 0.6 is 0 Å². The van der Waals surface area contributed by atoms with Gasteiger partial charge in [0.25, 0.3) is 0 Å². The molecular formula is C19H21NO2. The van der Waals surface area contributed by atoms with Crippen molar-refractivity contribution in [1.82, 2.24) is 0 Å². The van der Waals surface area contributed by atoms with E-state index in [1.54, 1.807) is 11.0 Å². The maximum absolute atomic E-state index is 12.7. The van der Waals surface area contributed by atoms with Gasteiger partial charge in [0.2, 0.25) is 0 Å². The molecule has 114 valence electrons. The number of rotatable bonds is 3. The number of carbonyl (C=O) groups is 1. The predicted octanol–water partition coefficient (Wildman–Crippen LogP) is 5.40. The molecule has 0 saturated carbocycles. The maximum atomic E-state index is 12.7. The molecule has 0 atom stereocenters. The van der Waals surface area contributed by atoms with Crippen LogP contribution < -0.4 is 4.90 Å². The van der Waals surface area contributed by atoms with Crippen molar-refractivity contribution in [3.8, 4) is 0 Å². The molecule has 0 heterocycles. The number of anilines is 2. The Kier molecular flexibility index (Phi) is 4.66. The van der Waals surface area contributed by atoms with Crippen molar-refractivity contribution >= 4 is 23.5 Å². The minimum atomic E-state index is -0.562. The van der Waals surface area contributed by atoms with Gasteiger partial charge in [-0.15, -0.1) is 0 Å². The van der Waals surface area contributed by atoms with E-state index in [9.17, 15) is 4.79 Å². The van der Waals surface area contributed by atoms with Gasteiger partial charge in [0.05, 0.1) is 11.4 Å².